The molecule has 2 fully saturated rings. The molecule has 30 heavy (non-hydrogen) atoms. The Morgan fingerprint density at radius 1 is 0.967 bits per heavy atom. The first-order valence-corrected chi connectivity index (χ1v) is 11.9. The summed E-state index contributed by atoms with van der Waals surface area (Å²) in [6.45, 7) is -0.787. The molecular weight excluding hydrogens is 425 g/mol. The van der Waals surface area contributed by atoms with Gasteiger partial charge in [-0.1, -0.05) is 19.3 Å². The van der Waals surface area contributed by atoms with Gasteiger partial charge in [0.25, 0.3) is 0 Å². The van der Waals surface area contributed by atoms with Gasteiger partial charge in [0.1, 0.15) is 0 Å². The number of alkyl halides is 3. The van der Waals surface area contributed by atoms with Crippen molar-refractivity contribution in [2.24, 2.45) is 0 Å². The fourth-order valence-electron chi connectivity index (χ4n) is 3.64. The zero-order valence-electron chi connectivity index (χ0n) is 16.8. The van der Waals surface area contributed by atoms with Gasteiger partial charge in [-0.2, -0.15) is 28.1 Å². The lowest BCUT2D eigenvalue weighted by Crippen LogP contribution is -2.42. The summed E-state index contributed by atoms with van der Waals surface area (Å²) < 4.78 is 67.0. The van der Waals surface area contributed by atoms with E-state index >= 15 is 0 Å². The Morgan fingerprint density at radius 3 is 2.00 bits per heavy atom. The third-order valence-electron chi connectivity index (χ3n) is 5.17. The molecule has 1 aliphatic carbocycles. The average Bonchev–Trinajstić information content (AvgIpc) is 2.66. The normalized spacial score (nSPS) is 20.1. The first-order chi connectivity index (χ1) is 14.1. The summed E-state index contributed by atoms with van der Waals surface area (Å²) in [6.07, 6.45) is 2.92. The Bertz CT molecular complexity index is 809. The molecule has 0 atom stereocenters. The third-order valence-corrected chi connectivity index (χ3v) is 6.48. The fourth-order valence-corrected chi connectivity index (χ4v) is 4.51. The highest BCUT2D eigenvalue weighted by atomic mass is 32.2. The van der Waals surface area contributed by atoms with Crippen LogP contribution in [0.15, 0.2) is 0 Å². The van der Waals surface area contributed by atoms with E-state index in [2.05, 4.69) is 25.6 Å². The van der Waals surface area contributed by atoms with E-state index in [1.165, 1.54) is 10.6 Å². The Morgan fingerprint density at radius 2 is 1.50 bits per heavy atom. The van der Waals surface area contributed by atoms with E-state index in [0.29, 0.717) is 25.9 Å². The summed E-state index contributed by atoms with van der Waals surface area (Å²) in [5.74, 6) is 0.281. The van der Waals surface area contributed by atoms with Crippen LogP contribution in [0.1, 0.15) is 44.9 Å². The predicted molar refractivity (Wildman–Crippen MR) is 105 cm³/mol. The van der Waals surface area contributed by atoms with E-state index in [9.17, 15) is 21.6 Å². The second kappa shape index (κ2) is 9.50. The Hall–Kier alpha value is -1.89. The number of hydrogen-bond acceptors (Lipinski definition) is 8. The van der Waals surface area contributed by atoms with Gasteiger partial charge >= 0.3 is 12.2 Å². The number of piperidine rings is 1. The molecule has 0 unspecified atom stereocenters. The highest BCUT2D eigenvalue weighted by Crippen LogP contribution is 2.23. The molecule has 13 heteroatoms. The van der Waals surface area contributed by atoms with Crippen molar-refractivity contribution in [3.8, 4) is 6.01 Å². The van der Waals surface area contributed by atoms with Gasteiger partial charge in [-0.25, -0.2) is 12.7 Å². The summed E-state index contributed by atoms with van der Waals surface area (Å²) in [5, 5.41) is 6.26. The Kier molecular flexibility index (Phi) is 7.22. The van der Waals surface area contributed by atoms with Crippen molar-refractivity contribution in [3.05, 3.63) is 0 Å². The van der Waals surface area contributed by atoms with Crippen molar-refractivity contribution in [2.45, 2.75) is 63.2 Å². The second-order valence-corrected chi connectivity index (χ2v) is 9.71. The summed E-state index contributed by atoms with van der Waals surface area (Å²) in [7, 11) is -3.25. The van der Waals surface area contributed by atoms with Crippen LogP contribution in [0.3, 0.4) is 0 Å². The number of ether oxygens (including phenoxy) is 1. The van der Waals surface area contributed by atoms with E-state index in [1.807, 2.05) is 0 Å². The number of nitrogens with zero attached hydrogens (tertiary/aromatic N) is 4. The number of halogens is 3. The zero-order chi connectivity index (χ0) is 21.8. The quantitative estimate of drug-likeness (QED) is 0.649. The molecule has 0 bridgehead atoms. The maximum atomic E-state index is 12.5. The molecular formula is C17H27F3N6O3S. The van der Waals surface area contributed by atoms with Gasteiger partial charge in [-0.05, 0) is 25.7 Å². The minimum absolute atomic E-state index is 0.108. The molecule has 9 nitrogen and oxygen atoms in total. The molecule has 0 radical (unpaired) electrons. The molecule has 1 saturated heterocycles. The van der Waals surface area contributed by atoms with E-state index in [4.69, 9.17) is 4.74 Å². The van der Waals surface area contributed by atoms with E-state index < -0.39 is 28.8 Å². The van der Waals surface area contributed by atoms with Crippen molar-refractivity contribution in [1.82, 2.24) is 19.3 Å². The van der Waals surface area contributed by atoms with Crippen LogP contribution in [0.4, 0.5) is 25.1 Å². The number of anilines is 2. The average molecular weight is 453 g/mol. The summed E-state index contributed by atoms with van der Waals surface area (Å²) in [5.41, 5.74) is 0. The molecule has 1 saturated carbocycles. The monoisotopic (exact) mass is 452 g/mol. The van der Waals surface area contributed by atoms with E-state index in [0.717, 1.165) is 32.1 Å². The zero-order valence-corrected chi connectivity index (χ0v) is 17.6. The van der Waals surface area contributed by atoms with Gasteiger partial charge in [0.2, 0.25) is 21.9 Å². The number of sulfonamides is 1. The van der Waals surface area contributed by atoms with Gasteiger partial charge < -0.3 is 15.4 Å². The van der Waals surface area contributed by atoms with Crippen LogP contribution < -0.4 is 15.4 Å². The maximum absolute atomic E-state index is 12.5. The summed E-state index contributed by atoms with van der Waals surface area (Å²) in [4.78, 5) is 12.2. The van der Waals surface area contributed by atoms with Crippen LogP contribution in [0, 0.1) is 0 Å². The standard InChI is InChI=1S/C17H27F3N6O3S/c1-30(27,28)26-9-7-13(8-10-26)22-15-23-14(21-12-5-3-2-4-6-12)24-16(25-15)29-11-17(18,19)20/h12-13H,2-11H2,1H3,(H2,21,22,23,24,25). The van der Waals surface area contributed by atoms with Crippen LogP contribution in [0.5, 0.6) is 6.01 Å². The van der Waals surface area contributed by atoms with Gasteiger partial charge in [0.05, 0.1) is 6.26 Å². The first kappa shape index (κ1) is 22.8. The largest absolute Gasteiger partial charge is 0.454 e. The van der Waals surface area contributed by atoms with Crippen LogP contribution in [0.2, 0.25) is 0 Å². The number of aromatic nitrogens is 3. The Balaban J connectivity index is 1.69. The number of rotatable bonds is 7. The van der Waals surface area contributed by atoms with Crippen molar-refractivity contribution < 1.29 is 26.3 Å². The third kappa shape index (κ3) is 7.11. The highest BCUT2D eigenvalue weighted by molar-refractivity contribution is 7.88. The molecule has 3 rings (SSSR count). The van der Waals surface area contributed by atoms with E-state index in [1.54, 1.807) is 0 Å². The summed E-state index contributed by atoms with van der Waals surface area (Å²) in [6, 6.07) is -0.359. The lowest BCUT2D eigenvalue weighted by molar-refractivity contribution is -0.154. The summed E-state index contributed by atoms with van der Waals surface area (Å²) >= 11 is 0. The molecule has 2 aliphatic rings. The van der Waals surface area contributed by atoms with Crippen LogP contribution >= 0.6 is 0 Å². The number of nitrogens with one attached hydrogen (secondary N) is 2. The second-order valence-electron chi connectivity index (χ2n) is 7.73. The molecule has 2 N–H and O–H groups in total. The lowest BCUT2D eigenvalue weighted by atomic mass is 9.96. The SMILES string of the molecule is CS(=O)(=O)N1CCC(Nc2nc(NC3CCCCC3)nc(OCC(F)(F)F)n2)CC1. The van der Waals surface area contributed by atoms with Gasteiger partial charge in [0.15, 0.2) is 6.61 Å². The molecule has 2 heterocycles. The Labute approximate surface area is 173 Å². The maximum Gasteiger partial charge on any atom is 0.422 e. The molecule has 170 valence electrons. The topological polar surface area (TPSA) is 109 Å². The molecule has 1 aromatic heterocycles. The van der Waals surface area contributed by atoms with Crippen molar-refractivity contribution >= 4 is 21.9 Å². The molecule has 0 aromatic carbocycles. The molecule has 1 aromatic rings. The van der Waals surface area contributed by atoms with Gasteiger partial charge in [-0.15, -0.1) is 0 Å². The lowest BCUT2D eigenvalue weighted by Gasteiger charge is -2.30. The van der Waals surface area contributed by atoms with Crippen molar-refractivity contribution in [2.75, 3.05) is 36.6 Å². The predicted octanol–water partition coefficient (Wildman–Crippen LogP) is 2.39. The number of hydrogen-bond donors (Lipinski definition) is 2. The highest BCUT2D eigenvalue weighted by Gasteiger charge is 2.30. The molecule has 1 aliphatic heterocycles. The van der Waals surface area contributed by atoms with Crippen LogP contribution in [-0.2, 0) is 10.0 Å². The first-order valence-electron chi connectivity index (χ1n) is 10.0. The van der Waals surface area contributed by atoms with Crippen molar-refractivity contribution in [3.63, 3.8) is 0 Å². The van der Waals surface area contributed by atoms with Crippen molar-refractivity contribution in [1.29, 1.82) is 0 Å². The smallest absolute Gasteiger partial charge is 0.422 e. The minimum Gasteiger partial charge on any atom is -0.454 e. The fraction of sp³-hybridized carbons (Fsp3) is 0.824. The van der Waals surface area contributed by atoms with E-state index in [-0.39, 0.29) is 24.0 Å². The van der Waals surface area contributed by atoms with Crippen LogP contribution in [-0.4, -0.2) is 71.9 Å². The van der Waals surface area contributed by atoms with Crippen LogP contribution in [0.25, 0.3) is 0 Å². The minimum atomic E-state index is -4.50. The van der Waals surface area contributed by atoms with Gasteiger partial charge in [0, 0.05) is 25.2 Å². The molecule has 0 spiro atoms. The van der Waals surface area contributed by atoms with Gasteiger partial charge in [-0.3, -0.25) is 0 Å². The molecule has 0 amide bonds.